The maximum atomic E-state index is 5.38. The van der Waals surface area contributed by atoms with Crippen molar-refractivity contribution in [3.05, 3.63) is 0 Å². The lowest BCUT2D eigenvalue weighted by Crippen LogP contribution is -3.00. The molecule has 0 N–H and O–H groups in total. The van der Waals surface area contributed by atoms with E-state index in [-0.39, 0.29) is 24.0 Å². The Bertz CT molecular complexity index is 118. The van der Waals surface area contributed by atoms with E-state index in [1.54, 1.807) is 14.2 Å². The molecule has 0 aromatic carbocycles. The summed E-state index contributed by atoms with van der Waals surface area (Å²) in [4.78, 5) is 0. The van der Waals surface area contributed by atoms with Gasteiger partial charge in [0.2, 0.25) is 0 Å². The number of quaternary nitrogens is 1. The van der Waals surface area contributed by atoms with Crippen LogP contribution in [0.4, 0.5) is 0 Å². The Labute approximate surface area is 99.0 Å². The van der Waals surface area contributed by atoms with Gasteiger partial charge in [-0.05, 0) is 13.8 Å². The third-order valence-electron chi connectivity index (χ3n) is 3.13. The molecule has 4 heteroatoms. The summed E-state index contributed by atoms with van der Waals surface area (Å²) < 4.78 is 11.5. The van der Waals surface area contributed by atoms with Gasteiger partial charge in [0.15, 0.2) is 0 Å². The lowest BCUT2D eigenvalue weighted by molar-refractivity contribution is -1.00. The molecule has 0 unspecified atom stereocenters. The number of rotatable bonds is 5. The van der Waals surface area contributed by atoms with Crippen molar-refractivity contribution < 1.29 is 37.9 Å². The van der Waals surface area contributed by atoms with Gasteiger partial charge in [0.1, 0.15) is 0 Å². The Morgan fingerprint density at radius 1 is 1.08 bits per heavy atom. The first-order valence-electron chi connectivity index (χ1n) is 4.44. The van der Waals surface area contributed by atoms with Crippen LogP contribution >= 0.6 is 0 Å². The van der Waals surface area contributed by atoms with Crippen LogP contribution in [0.3, 0.4) is 0 Å². The molecule has 0 aliphatic heterocycles. The van der Waals surface area contributed by atoms with E-state index in [1.807, 2.05) is 6.92 Å². The summed E-state index contributed by atoms with van der Waals surface area (Å²) in [7, 11) is 5.50. The number of hydrogen-bond donors (Lipinski definition) is 0. The van der Waals surface area contributed by atoms with Crippen LogP contribution in [-0.4, -0.2) is 44.8 Å². The Hall–Kier alpha value is 0.610. The van der Waals surface area contributed by atoms with Crippen LogP contribution in [0.25, 0.3) is 0 Å². The Morgan fingerprint density at radius 3 is 1.46 bits per heavy atom. The lowest BCUT2D eigenvalue weighted by atomic mass is 10.3. The third-order valence-corrected chi connectivity index (χ3v) is 3.13. The van der Waals surface area contributed by atoms with Gasteiger partial charge in [-0.2, -0.15) is 0 Å². The molecule has 0 radical (unpaired) electrons. The highest BCUT2D eigenvalue weighted by atomic mass is 127. The summed E-state index contributed by atoms with van der Waals surface area (Å²) in [5, 5.41) is 0. The smallest absolute Gasteiger partial charge is 0.315 e. The van der Waals surface area contributed by atoms with E-state index in [1.165, 1.54) is 0 Å². The minimum atomic E-state index is -0.524. The van der Waals surface area contributed by atoms with Gasteiger partial charge in [0.25, 0.3) is 0 Å². The number of halogens is 1. The van der Waals surface area contributed by atoms with Crippen LogP contribution in [0.1, 0.15) is 20.8 Å². The van der Waals surface area contributed by atoms with Gasteiger partial charge in [-0.25, -0.2) is 0 Å². The summed E-state index contributed by atoms with van der Waals surface area (Å²) in [6, 6.07) is 0. The molecule has 0 saturated carbocycles. The summed E-state index contributed by atoms with van der Waals surface area (Å²) in [5.41, 5.74) is 0. The molecule has 0 bridgehead atoms. The van der Waals surface area contributed by atoms with Gasteiger partial charge in [-0.3, -0.25) is 4.48 Å². The second kappa shape index (κ2) is 6.16. The molecule has 13 heavy (non-hydrogen) atoms. The van der Waals surface area contributed by atoms with Gasteiger partial charge in [-0.15, -0.1) is 0 Å². The van der Waals surface area contributed by atoms with Gasteiger partial charge in [0, 0.05) is 21.1 Å². The fraction of sp³-hybridized carbons (Fsp3) is 1.00. The van der Waals surface area contributed by atoms with Crippen molar-refractivity contribution in [3.8, 4) is 0 Å². The van der Waals surface area contributed by atoms with E-state index in [4.69, 9.17) is 9.47 Å². The molecule has 0 atom stereocenters. The van der Waals surface area contributed by atoms with Crippen LogP contribution in [0.2, 0.25) is 0 Å². The van der Waals surface area contributed by atoms with Gasteiger partial charge < -0.3 is 33.5 Å². The van der Waals surface area contributed by atoms with E-state index < -0.39 is 5.91 Å². The minimum Gasteiger partial charge on any atom is -1.00 e. The fourth-order valence-corrected chi connectivity index (χ4v) is 1.32. The number of ether oxygens (including phenoxy) is 2. The quantitative estimate of drug-likeness (QED) is 0.348. The topological polar surface area (TPSA) is 18.5 Å². The van der Waals surface area contributed by atoms with Crippen LogP contribution in [-0.2, 0) is 9.47 Å². The molecule has 0 amide bonds. The van der Waals surface area contributed by atoms with Gasteiger partial charge in [0.05, 0.1) is 20.1 Å². The lowest BCUT2D eigenvalue weighted by Gasteiger charge is -2.44. The van der Waals surface area contributed by atoms with Gasteiger partial charge in [-0.1, -0.05) is 0 Å². The Kier molecular flexibility index (Phi) is 7.61. The third kappa shape index (κ3) is 3.04. The summed E-state index contributed by atoms with van der Waals surface area (Å²) in [6.07, 6.45) is 0. The summed E-state index contributed by atoms with van der Waals surface area (Å²) in [5.74, 6) is -0.524. The molecule has 0 aromatic heterocycles. The van der Waals surface area contributed by atoms with Crippen LogP contribution in [0.15, 0.2) is 0 Å². The first-order valence-corrected chi connectivity index (χ1v) is 4.44. The number of hydrogen-bond acceptors (Lipinski definition) is 2. The fourth-order valence-electron chi connectivity index (χ4n) is 1.32. The van der Waals surface area contributed by atoms with Crippen molar-refractivity contribution in [2.45, 2.75) is 26.7 Å². The van der Waals surface area contributed by atoms with Crippen molar-refractivity contribution in [2.24, 2.45) is 0 Å². The van der Waals surface area contributed by atoms with E-state index in [9.17, 15) is 0 Å². The molecular weight excluding hydrogens is 281 g/mol. The second-order valence-corrected chi connectivity index (χ2v) is 3.33. The molecule has 0 aliphatic rings. The molecule has 0 spiro atoms. The van der Waals surface area contributed by atoms with E-state index >= 15 is 0 Å². The van der Waals surface area contributed by atoms with Crippen molar-refractivity contribution in [2.75, 3.05) is 34.4 Å². The predicted molar refractivity (Wildman–Crippen MR) is 49.7 cm³/mol. The molecule has 0 saturated heterocycles. The van der Waals surface area contributed by atoms with E-state index in [0.29, 0.717) is 0 Å². The largest absolute Gasteiger partial charge is 1.00 e. The zero-order valence-corrected chi connectivity index (χ0v) is 11.7. The average molecular weight is 303 g/mol. The maximum absolute atomic E-state index is 5.38. The standard InChI is InChI=1S/C9H22NO2.HI/c1-7-10(4,8-2)9(3,11-5)12-6;/h7-8H2,1-6H3;1H/q+1;/p-1. The highest BCUT2D eigenvalue weighted by Crippen LogP contribution is 2.23. The van der Waals surface area contributed by atoms with Crippen LogP contribution in [0, 0.1) is 0 Å². The molecule has 0 fully saturated rings. The van der Waals surface area contributed by atoms with Crippen molar-refractivity contribution >= 4 is 0 Å². The van der Waals surface area contributed by atoms with Gasteiger partial charge >= 0.3 is 5.91 Å². The predicted octanol–water partition coefficient (Wildman–Crippen LogP) is -1.56. The van der Waals surface area contributed by atoms with E-state index in [2.05, 4.69) is 20.9 Å². The van der Waals surface area contributed by atoms with Crippen LogP contribution in [0.5, 0.6) is 0 Å². The maximum Gasteiger partial charge on any atom is 0.315 e. The Balaban J connectivity index is 0. The number of nitrogens with zero attached hydrogens (tertiary/aromatic N) is 1. The first-order chi connectivity index (χ1) is 5.49. The highest BCUT2D eigenvalue weighted by molar-refractivity contribution is 4.47. The molecule has 3 nitrogen and oxygen atoms in total. The zero-order valence-electron chi connectivity index (χ0n) is 9.56. The van der Waals surface area contributed by atoms with Crippen molar-refractivity contribution in [1.29, 1.82) is 0 Å². The first kappa shape index (κ1) is 16.1. The molecule has 0 heterocycles. The normalized spacial score (nSPS) is 12.5. The molecule has 0 rings (SSSR count). The molecule has 82 valence electrons. The number of methoxy groups -OCH3 is 2. The molecule has 0 aliphatic carbocycles. The minimum absolute atomic E-state index is 0. The van der Waals surface area contributed by atoms with Crippen molar-refractivity contribution in [3.63, 3.8) is 0 Å². The molecule has 0 aromatic rings. The Morgan fingerprint density at radius 2 is 1.38 bits per heavy atom. The summed E-state index contributed by atoms with van der Waals surface area (Å²) in [6.45, 7) is 8.24. The molecular formula is C9H22INO2. The SMILES string of the molecule is CC[N+](C)(CC)C(C)(OC)OC.[I-]. The average Bonchev–Trinajstić information content (AvgIpc) is 2.15. The van der Waals surface area contributed by atoms with Crippen LogP contribution < -0.4 is 24.0 Å². The highest BCUT2D eigenvalue weighted by Gasteiger charge is 2.42. The van der Waals surface area contributed by atoms with E-state index in [0.717, 1.165) is 17.6 Å². The monoisotopic (exact) mass is 303 g/mol. The summed E-state index contributed by atoms with van der Waals surface area (Å²) >= 11 is 0. The second-order valence-electron chi connectivity index (χ2n) is 3.33. The van der Waals surface area contributed by atoms with Crippen molar-refractivity contribution in [1.82, 2.24) is 0 Å². The zero-order chi connectivity index (χ0) is 9.83.